The van der Waals surface area contributed by atoms with E-state index in [4.69, 9.17) is 15.9 Å². The molecule has 0 spiro atoms. The van der Waals surface area contributed by atoms with Crippen LogP contribution in [0.1, 0.15) is 18.5 Å². The molecule has 3 amide bonds. The monoisotopic (exact) mass is 458 g/mol. The Morgan fingerprint density at radius 1 is 1.10 bits per heavy atom. The Hall–Kier alpha value is -3.13. The topological polar surface area (TPSA) is 217 Å². The predicted molar refractivity (Wildman–Crippen MR) is 110 cm³/mol. The predicted octanol–water partition coefficient (Wildman–Crippen LogP) is -2.32. The van der Waals surface area contributed by atoms with Gasteiger partial charge in [-0.15, -0.1) is 0 Å². The van der Waals surface area contributed by atoms with Gasteiger partial charge >= 0.3 is 11.9 Å². The summed E-state index contributed by atoms with van der Waals surface area (Å²) >= 11 is 1.40. The maximum Gasteiger partial charge on any atom is 0.326 e. The van der Waals surface area contributed by atoms with E-state index in [1.807, 2.05) is 0 Å². The number of aliphatic carboxylic acids is 2. The summed E-state index contributed by atoms with van der Waals surface area (Å²) in [5.41, 5.74) is 5.85. The second kappa shape index (κ2) is 13.2. The Morgan fingerprint density at radius 3 is 2.26 bits per heavy atom. The van der Waals surface area contributed by atoms with E-state index in [0.717, 1.165) is 0 Å². The zero-order valence-corrected chi connectivity index (χ0v) is 17.6. The summed E-state index contributed by atoms with van der Waals surface area (Å²) in [4.78, 5) is 65.8. The van der Waals surface area contributed by atoms with Crippen molar-refractivity contribution in [2.45, 2.75) is 37.4 Å². The van der Waals surface area contributed by atoms with Crippen LogP contribution < -0.4 is 21.7 Å². The number of nitrogens with zero attached hydrogens (tertiary/aromatic N) is 1. The molecule has 0 fully saturated rings. The molecule has 1 aromatic heterocycles. The van der Waals surface area contributed by atoms with E-state index in [0.29, 0.717) is 11.4 Å². The van der Waals surface area contributed by atoms with Gasteiger partial charge in [0.25, 0.3) is 0 Å². The normalized spacial score (nSPS) is 13.5. The Kier molecular flexibility index (Phi) is 11.1. The molecule has 0 saturated heterocycles. The molecule has 1 rings (SSSR count). The van der Waals surface area contributed by atoms with Gasteiger partial charge in [-0.1, -0.05) is 0 Å². The maximum absolute atomic E-state index is 12.8. The molecule has 14 heteroatoms. The summed E-state index contributed by atoms with van der Waals surface area (Å²) in [5.74, 6) is -4.59. The molecule has 0 aliphatic heterocycles. The number of hydrogen-bond donors (Lipinski definition) is 7. The highest BCUT2D eigenvalue weighted by molar-refractivity contribution is 7.98. The van der Waals surface area contributed by atoms with Crippen molar-refractivity contribution in [2.75, 3.05) is 18.6 Å². The number of aromatic nitrogens is 2. The molecular formula is C17H26N6O7S. The van der Waals surface area contributed by atoms with E-state index < -0.39 is 54.2 Å². The van der Waals surface area contributed by atoms with Crippen LogP contribution >= 0.6 is 11.8 Å². The first-order valence-electron chi connectivity index (χ1n) is 9.18. The molecule has 3 unspecified atom stereocenters. The van der Waals surface area contributed by atoms with Crippen molar-refractivity contribution in [3.05, 3.63) is 18.2 Å². The smallest absolute Gasteiger partial charge is 0.326 e. The summed E-state index contributed by atoms with van der Waals surface area (Å²) in [5, 5.41) is 25.0. The fourth-order valence-corrected chi connectivity index (χ4v) is 2.97. The number of amides is 3. The Morgan fingerprint density at radius 2 is 1.74 bits per heavy atom. The average molecular weight is 458 g/mol. The molecule has 1 aromatic rings. The highest BCUT2D eigenvalue weighted by Gasteiger charge is 2.30. The van der Waals surface area contributed by atoms with Gasteiger partial charge in [0.15, 0.2) is 0 Å². The van der Waals surface area contributed by atoms with Crippen molar-refractivity contribution in [3.8, 4) is 0 Å². The van der Waals surface area contributed by atoms with Crippen LogP contribution in [0, 0.1) is 0 Å². The van der Waals surface area contributed by atoms with Crippen molar-refractivity contribution >= 4 is 41.4 Å². The largest absolute Gasteiger partial charge is 0.481 e. The van der Waals surface area contributed by atoms with E-state index in [1.165, 1.54) is 24.3 Å². The molecule has 0 bridgehead atoms. The van der Waals surface area contributed by atoms with Crippen LogP contribution in [0.25, 0.3) is 0 Å². The first kappa shape index (κ1) is 25.9. The summed E-state index contributed by atoms with van der Waals surface area (Å²) in [7, 11) is 0. The zero-order chi connectivity index (χ0) is 23.4. The van der Waals surface area contributed by atoms with Gasteiger partial charge in [0.05, 0.1) is 19.3 Å². The number of carboxylic acids is 2. The highest BCUT2D eigenvalue weighted by Crippen LogP contribution is 2.05. The van der Waals surface area contributed by atoms with E-state index in [9.17, 15) is 24.0 Å². The quantitative estimate of drug-likeness (QED) is 0.158. The van der Waals surface area contributed by atoms with Crippen LogP contribution in [-0.2, 0) is 30.4 Å². The molecule has 0 radical (unpaired) electrons. The Bertz CT molecular complexity index is 773. The summed E-state index contributed by atoms with van der Waals surface area (Å²) in [6.07, 6.45) is 4.03. The zero-order valence-electron chi connectivity index (χ0n) is 16.8. The molecule has 0 aliphatic rings. The lowest BCUT2D eigenvalue weighted by Gasteiger charge is -2.24. The second-order valence-electron chi connectivity index (χ2n) is 6.45. The van der Waals surface area contributed by atoms with Gasteiger partial charge in [-0.2, -0.15) is 11.8 Å². The Labute approximate surface area is 181 Å². The minimum atomic E-state index is -1.66. The number of hydrogen-bond acceptors (Lipinski definition) is 8. The first-order valence-corrected chi connectivity index (χ1v) is 10.6. The van der Waals surface area contributed by atoms with Crippen LogP contribution in [0.5, 0.6) is 0 Å². The number of aromatic amines is 1. The van der Waals surface area contributed by atoms with E-state index in [2.05, 4.69) is 25.9 Å². The third-order valence-electron chi connectivity index (χ3n) is 4.05. The maximum atomic E-state index is 12.8. The number of nitrogens with two attached hydrogens (primary N) is 1. The second-order valence-corrected chi connectivity index (χ2v) is 7.43. The van der Waals surface area contributed by atoms with E-state index >= 15 is 0 Å². The number of carboxylic acid groups (broad SMARTS) is 2. The van der Waals surface area contributed by atoms with Crippen molar-refractivity contribution < 1.29 is 34.2 Å². The molecule has 1 heterocycles. The van der Waals surface area contributed by atoms with Crippen molar-refractivity contribution in [3.63, 3.8) is 0 Å². The van der Waals surface area contributed by atoms with Gasteiger partial charge < -0.3 is 36.9 Å². The molecular weight excluding hydrogens is 432 g/mol. The number of carbonyl (C=O) groups excluding carboxylic acids is 3. The molecule has 8 N–H and O–H groups in total. The number of carbonyl (C=O) groups is 5. The van der Waals surface area contributed by atoms with Gasteiger partial charge in [0.2, 0.25) is 17.7 Å². The SMILES string of the molecule is CSCCC(NC(=O)C(Cc1cnc[nH]1)NC(=O)CN)C(=O)NC(CC(=O)O)C(=O)O. The summed E-state index contributed by atoms with van der Waals surface area (Å²) in [6, 6.07) is -3.87. The number of H-pyrrole nitrogens is 1. The van der Waals surface area contributed by atoms with Crippen LogP contribution in [0.15, 0.2) is 12.5 Å². The average Bonchev–Trinajstić information content (AvgIpc) is 3.22. The van der Waals surface area contributed by atoms with Crippen molar-refractivity contribution in [1.29, 1.82) is 0 Å². The molecule has 3 atom stereocenters. The third-order valence-corrected chi connectivity index (χ3v) is 4.70. The molecule has 0 saturated carbocycles. The van der Waals surface area contributed by atoms with Crippen molar-refractivity contribution in [1.82, 2.24) is 25.9 Å². The molecule has 0 aliphatic carbocycles. The van der Waals surface area contributed by atoms with Crippen LogP contribution in [0.2, 0.25) is 0 Å². The lowest BCUT2D eigenvalue weighted by Crippen LogP contribution is -2.57. The lowest BCUT2D eigenvalue weighted by molar-refractivity contribution is -0.147. The van der Waals surface area contributed by atoms with Gasteiger partial charge in [-0.25, -0.2) is 9.78 Å². The number of thioether (sulfide) groups is 1. The lowest BCUT2D eigenvalue weighted by atomic mass is 10.1. The van der Waals surface area contributed by atoms with Crippen LogP contribution in [0.4, 0.5) is 0 Å². The minimum absolute atomic E-state index is 0.0468. The Balaban J connectivity index is 2.95. The fourth-order valence-electron chi connectivity index (χ4n) is 2.50. The van der Waals surface area contributed by atoms with Gasteiger partial charge in [0.1, 0.15) is 18.1 Å². The van der Waals surface area contributed by atoms with Crippen LogP contribution in [0.3, 0.4) is 0 Å². The molecule has 172 valence electrons. The molecule has 31 heavy (non-hydrogen) atoms. The van der Waals surface area contributed by atoms with Gasteiger partial charge in [-0.05, 0) is 18.4 Å². The number of rotatable bonds is 14. The highest BCUT2D eigenvalue weighted by atomic mass is 32.2. The van der Waals surface area contributed by atoms with E-state index in [-0.39, 0.29) is 19.4 Å². The fraction of sp³-hybridized carbons (Fsp3) is 0.529. The minimum Gasteiger partial charge on any atom is -0.481 e. The molecule has 0 aromatic carbocycles. The number of imidazole rings is 1. The van der Waals surface area contributed by atoms with Gasteiger partial charge in [-0.3, -0.25) is 19.2 Å². The summed E-state index contributed by atoms with van der Waals surface area (Å²) < 4.78 is 0. The summed E-state index contributed by atoms with van der Waals surface area (Å²) in [6.45, 7) is -0.349. The first-order chi connectivity index (χ1) is 14.7. The van der Waals surface area contributed by atoms with Gasteiger partial charge in [0, 0.05) is 18.3 Å². The van der Waals surface area contributed by atoms with Crippen LogP contribution in [-0.4, -0.2) is 86.5 Å². The molecule has 13 nitrogen and oxygen atoms in total. The standard InChI is InChI=1S/C17H26N6O7S/c1-31-3-2-10(15(27)23-12(17(29)30)5-14(25)26)22-16(28)11(21-13(24)6-18)4-9-7-19-8-20-9/h7-8,10-12H,2-6,18H2,1H3,(H,19,20)(H,21,24)(H,22,28)(H,23,27)(H,25,26)(H,29,30). The van der Waals surface area contributed by atoms with Crippen molar-refractivity contribution in [2.24, 2.45) is 5.73 Å². The number of nitrogens with one attached hydrogen (secondary N) is 4. The van der Waals surface area contributed by atoms with E-state index in [1.54, 1.807) is 6.26 Å². The third kappa shape index (κ3) is 9.48.